The second-order valence-electron chi connectivity index (χ2n) is 8.09. The highest BCUT2D eigenvalue weighted by atomic mass is 15.2. The van der Waals surface area contributed by atoms with Crippen molar-refractivity contribution in [2.24, 2.45) is 0 Å². The fourth-order valence-electron chi connectivity index (χ4n) is 4.86. The standard InChI is InChI=1S/C26H28N4/c1-2-29(21-14-8-4-9-15-21)25-24-23(20-12-6-3-7-13-20)18-30(26(24)28-19-27-25)22-16-10-5-11-17-22/h3,5-7,10-13,16-19,21H,2,4,8-9,14-15H2,1H3. The Morgan fingerprint density at radius 3 is 2.30 bits per heavy atom. The maximum Gasteiger partial charge on any atom is 0.150 e. The summed E-state index contributed by atoms with van der Waals surface area (Å²) >= 11 is 0. The molecule has 1 aliphatic rings. The summed E-state index contributed by atoms with van der Waals surface area (Å²) in [6.07, 6.45) is 10.4. The van der Waals surface area contributed by atoms with Crippen LogP contribution in [-0.4, -0.2) is 27.1 Å². The van der Waals surface area contributed by atoms with E-state index in [1.54, 1.807) is 6.33 Å². The van der Waals surface area contributed by atoms with Gasteiger partial charge in [-0.15, -0.1) is 0 Å². The third-order valence-corrected chi connectivity index (χ3v) is 6.31. The topological polar surface area (TPSA) is 34.0 Å². The molecule has 0 spiro atoms. The highest BCUT2D eigenvalue weighted by molar-refractivity contribution is 6.02. The highest BCUT2D eigenvalue weighted by Gasteiger charge is 2.26. The van der Waals surface area contributed by atoms with Crippen molar-refractivity contribution in [3.8, 4) is 16.8 Å². The number of hydrogen-bond acceptors (Lipinski definition) is 3. The van der Waals surface area contributed by atoms with Gasteiger partial charge in [-0.2, -0.15) is 0 Å². The number of nitrogens with zero attached hydrogens (tertiary/aromatic N) is 4. The zero-order valence-corrected chi connectivity index (χ0v) is 17.5. The van der Waals surface area contributed by atoms with Gasteiger partial charge in [-0.3, -0.25) is 0 Å². The van der Waals surface area contributed by atoms with E-state index in [1.807, 2.05) is 0 Å². The van der Waals surface area contributed by atoms with Crippen molar-refractivity contribution in [2.45, 2.75) is 45.1 Å². The first kappa shape index (κ1) is 18.9. The molecule has 0 amide bonds. The van der Waals surface area contributed by atoms with Crippen molar-refractivity contribution in [2.75, 3.05) is 11.4 Å². The number of aromatic nitrogens is 3. The average Bonchev–Trinajstić information content (AvgIpc) is 3.22. The summed E-state index contributed by atoms with van der Waals surface area (Å²) in [6, 6.07) is 21.7. The molecule has 2 aromatic heterocycles. The van der Waals surface area contributed by atoms with E-state index in [1.165, 1.54) is 43.2 Å². The van der Waals surface area contributed by atoms with Gasteiger partial charge in [0, 0.05) is 30.0 Å². The summed E-state index contributed by atoms with van der Waals surface area (Å²) in [5.41, 5.74) is 4.49. The normalized spacial score (nSPS) is 14.8. The molecule has 30 heavy (non-hydrogen) atoms. The second kappa shape index (κ2) is 8.31. The van der Waals surface area contributed by atoms with Crippen LogP contribution in [0.1, 0.15) is 39.0 Å². The molecule has 0 radical (unpaired) electrons. The first-order chi connectivity index (χ1) is 14.9. The predicted molar refractivity (Wildman–Crippen MR) is 124 cm³/mol. The van der Waals surface area contributed by atoms with E-state index in [4.69, 9.17) is 9.97 Å². The van der Waals surface area contributed by atoms with E-state index in [0.717, 1.165) is 29.1 Å². The lowest BCUT2D eigenvalue weighted by Gasteiger charge is -2.35. The molecule has 0 aliphatic heterocycles. The molecule has 0 atom stereocenters. The van der Waals surface area contributed by atoms with Crippen LogP contribution in [-0.2, 0) is 0 Å². The molecular formula is C26H28N4. The first-order valence-electron chi connectivity index (χ1n) is 11.1. The summed E-state index contributed by atoms with van der Waals surface area (Å²) in [7, 11) is 0. The molecule has 1 fully saturated rings. The van der Waals surface area contributed by atoms with Crippen LogP contribution in [0.4, 0.5) is 5.82 Å². The van der Waals surface area contributed by atoms with E-state index < -0.39 is 0 Å². The maximum absolute atomic E-state index is 4.85. The zero-order chi connectivity index (χ0) is 20.3. The minimum Gasteiger partial charge on any atom is -0.353 e. The Balaban J connectivity index is 1.75. The van der Waals surface area contributed by atoms with Crippen LogP contribution in [0.3, 0.4) is 0 Å². The third kappa shape index (κ3) is 3.36. The number of fused-ring (bicyclic) bond motifs is 1. The Kier molecular flexibility index (Phi) is 5.22. The van der Waals surface area contributed by atoms with Gasteiger partial charge in [0.25, 0.3) is 0 Å². The van der Waals surface area contributed by atoms with Gasteiger partial charge in [-0.1, -0.05) is 67.8 Å². The number of rotatable bonds is 5. The van der Waals surface area contributed by atoms with Crippen molar-refractivity contribution in [3.05, 3.63) is 73.2 Å². The van der Waals surface area contributed by atoms with Gasteiger partial charge >= 0.3 is 0 Å². The third-order valence-electron chi connectivity index (χ3n) is 6.31. The summed E-state index contributed by atoms with van der Waals surface area (Å²) < 4.78 is 2.21. The molecule has 0 bridgehead atoms. The average molecular weight is 397 g/mol. The molecule has 4 nitrogen and oxygen atoms in total. The summed E-state index contributed by atoms with van der Waals surface area (Å²) in [5, 5.41) is 1.15. The van der Waals surface area contributed by atoms with E-state index in [0.29, 0.717) is 6.04 Å². The van der Waals surface area contributed by atoms with E-state index in [2.05, 4.69) is 83.3 Å². The van der Waals surface area contributed by atoms with Gasteiger partial charge in [-0.25, -0.2) is 9.97 Å². The Morgan fingerprint density at radius 2 is 1.60 bits per heavy atom. The van der Waals surface area contributed by atoms with Crippen molar-refractivity contribution < 1.29 is 0 Å². The molecule has 2 heterocycles. The van der Waals surface area contributed by atoms with E-state index in [9.17, 15) is 0 Å². The highest BCUT2D eigenvalue weighted by Crippen LogP contribution is 2.38. The molecule has 1 saturated carbocycles. The van der Waals surface area contributed by atoms with Crippen LogP contribution in [0.5, 0.6) is 0 Å². The van der Waals surface area contributed by atoms with Crippen LogP contribution >= 0.6 is 0 Å². The van der Waals surface area contributed by atoms with E-state index >= 15 is 0 Å². The molecule has 2 aromatic carbocycles. The van der Waals surface area contributed by atoms with Gasteiger partial charge in [0.1, 0.15) is 12.1 Å². The van der Waals surface area contributed by atoms with Crippen LogP contribution in [0.25, 0.3) is 27.8 Å². The van der Waals surface area contributed by atoms with Crippen LogP contribution in [0, 0.1) is 0 Å². The fraction of sp³-hybridized carbons (Fsp3) is 0.308. The maximum atomic E-state index is 4.85. The number of anilines is 1. The number of hydrogen-bond donors (Lipinski definition) is 0. The molecule has 0 saturated heterocycles. The van der Waals surface area contributed by atoms with Crippen molar-refractivity contribution >= 4 is 16.9 Å². The molecule has 5 rings (SSSR count). The summed E-state index contributed by atoms with van der Waals surface area (Å²) in [5.74, 6) is 1.07. The molecular weight excluding hydrogens is 368 g/mol. The number of para-hydroxylation sites is 1. The quantitative estimate of drug-likeness (QED) is 0.400. The predicted octanol–water partition coefficient (Wildman–Crippen LogP) is 6.25. The van der Waals surface area contributed by atoms with Gasteiger partial charge < -0.3 is 9.47 Å². The minimum absolute atomic E-state index is 0.561. The monoisotopic (exact) mass is 396 g/mol. The van der Waals surface area contributed by atoms with Gasteiger partial charge in [0.05, 0.1) is 5.39 Å². The lowest BCUT2D eigenvalue weighted by molar-refractivity contribution is 0.417. The smallest absolute Gasteiger partial charge is 0.150 e. The molecule has 4 heteroatoms. The summed E-state index contributed by atoms with van der Waals surface area (Å²) in [6.45, 7) is 3.21. The van der Waals surface area contributed by atoms with Crippen LogP contribution in [0.2, 0.25) is 0 Å². The molecule has 1 aliphatic carbocycles. The van der Waals surface area contributed by atoms with Gasteiger partial charge in [0.2, 0.25) is 0 Å². The molecule has 0 unspecified atom stereocenters. The second-order valence-corrected chi connectivity index (χ2v) is 8.09. The SMILES string of the molecule is CCN(c1ncnc2c1c(-c1ccccc1)cn2-c1ccccc1)C1CCCCC1. The van der Waals surface area contributed by atoms with Gasteiger partial charge in [-0.05, 0) is 37.5 Å². The largest absolute Gasteiger partial charge is 0.353 e. The van der Waals surface area contributed by atoms with Crippen LogP contribution in [0.15, 0.2) is 73.2 Å². The Labute approximate surface area is 178 Å². The van der Waals surface area contributed by atoms with Crippen molar-refractivity contribution in [1.29, 1.82) is 0 Å². The Hall–Kier alpha value is -3.14. The first-order valence-corrected chi connectivity index (χ1v) is 11.1. The lowest BCUT2D eigenvalue weighted by atomic mass is 9.94. The zero-order valence-electron chi connectivity index (χ0n) is 17.5. The van der Waals surface area contributed by atoms with Crippen molar-refractivity contribution in [1.82, 2.24) is 14.5 Å². The number of benzene rings is 2. The van der Waals surface area contributed by atoms with Crippen molar-refractivity contribution in [3.63, 3.8) is 0 Å². The van der Waals surface area contributed by atoms with Crippen LogP contribution < -0.4 is 4.90 Å². The minimum atomic E-state index is 0.561. The Bertz CT molecular complexity index is 1110. The fourth-order valence-corrected chi connectivity index (χ4v) is 4.86. The summed E-state index contributed by atoms with van der Waals surface area (Å²) in [4.78, 5) is 12.1. The molecule has 4 aromatic rings. The van der Waals surface area contributed by atoms with E-state index in [-0.39, 0.29) is 0 Å². The Morgan fingerprint density at radius 1 is 0.900 bits per heavy atom. The molecule has 0 N–H and O–H groups in total. The van der Waals surface area contributed by atoms with Gasteiger partial charge in [0.15, 0.2) is 5.65 Å². The lowest BCUT2D eigenvalue weighted by Crippen LogP contribution is -2.37. The molecule has 152 valence electrons.